The van der Waals surface area contributed by atoms with Gasteiger partial charge in [-0.1, -0.05) is 11.6 Å². The van der Waals surface area contributed by atoms with Gasteiger partial charge in [-0.2, -0.15) is 0 Å². The second-order valence-corrected chi connectivity index (χ2v) is 8.32. The molecule has 0 atom stereocenters. The highest BCUT2D eigenvalue weighted by atomic mass is 35.5. The van der Waals surface area contributed by atoms with Gasteiger partial charge < -0.3 is 4.74 Å². The summed E-state index contributed by atoms with van der Waals surface area (Å²) in [7, 11) is 0. The van der Waals surface area contributed by atoms with Crippen LogP contribution in [-0.2, 0) is 25.5 Å². The molecule has 1 fully saturated rings. The van der Waals surface area contributed by atoms with Gasteiger partial charge in [-0.3, -0.25) is 14.4 Å². The molecule has 4 rings (SSSR count). The molecule has 7 heteroatoms. The molecular formula is C19H20ClNO4S. The first-order valence-corrected chi connectivity index (χ1v) is 10.4. The van der Waals surface area contributed by atoms with Crippen LogP contribution in [0.15, 0.2) is 16.5 Å². The molecule has 1 aliphatic heterocycles. The first kappa shape index (κ1) is 17.7. The summed E-state index contributed by atoms with van der Waals surface area (Å²) >= 11 is 7.50. The van der Waals surface area contributed by atoms with E-state index in [1.807, 2.05) is 0 Å². The zero-order chi connectivity index (χ0) is 18.3. The SMILES string of the molecule is O=C(Cc1c(Cl)csc1N1C(=O)C2=C(CCCC2)C1=O)OC1CCCC1. The smallest absolute Gasteiger partial charge is 0.310 e. The molecule has 0 aromatic carbocycles. The van der Waals surface area contributed by atoms with Crippen molar-refractivity contribution in [1.29, 1.82) is 0 Å². The number of carbonyl (C=O) groups excluding carboxylic acids is 3. The van der Waals surface area contributed by atoms with Gasteiger partial charge >= 0.3 is 5.97 Å². The van der Waals surface area contributed by atoms with Crippen LogP contribution < -0.4 is 4.90 Å². The normalized spacial score (nSPS) is 20.9. The third-order valence-electron chi connectivity index (χ3n) is 5.34. The van der Waals surface area contributed by atoms with Gasteiger partial charge in [0, 0.05) is 22.1 Å². The van der Waals surface area contributed by atoms with E-state index in [1.165, 1.54) is 16.2 Å². The zero-order valence-corrected chi connectivity index (χ0v) is 16.0. The maximum atomic E-state index is 12.8. The Morgan fingerprint density at radius 3 is 2.35 bits per heavy atom. The average Bonchev–Trinajstić information content (AvgIpc) is 3.31. The minimum absolute atomic E-state index is 0.0180. The molecule has 0 unspecified atom stereocenters. The number of hydrogen-bond donors (Lipinski definition) is 0. The summed E-state index contributed by atoms with van der Waals surface area (Å²) in [5.74, 6) is -0.863. The first-order valence-electron chi connectivity index (χ1n) is 9.12. The average molecular weight is 394 g/mol. The van der Waals surface area contributed by atoms with E-state index in [-0.39, 0.29) is 30.3 Å². The summed E-state index contributed by atoms with van der Waals surface area (Å²) in [6, 6.07) is 0. The lowest BCUT2D eigenvalue weighted by molar-refractivity contribution is -0.147. The lowest BCUT2D eigenvalue weighted by Crippen LogP contribution is -2.32. The van der Waals surface area contributed by atoms with E-state index in [9.17, 15) is 14.4 Å². The molecule has 0 radical (unpaired) electrons. The van der Waals surface area contributed by atoms with Crippen molar-refractivity contribution in [2.24, 2.45) is 0 Å². The summed E-state index contributed by atoms with van der Waals surface area (Å²) < 4.78 is 5.51. The van der Waals surface area contributed by atoms with Crippen molar-refractivity contribution in [3.8, 4) is 0 Å². The van der Waals surface area contributed by atoms with E-state index in [2.05, 4.69) is 0 Å². The van der Waals surface area contributed by atoms with Crippen LogP contribution in [0.1, 0.15) is 56.9 Å². The predicted molar refractivity (Wildman–Crippen MR) is 99.4 cm³/mol. The van der Waals surface area contributed by atoms with Crippen LogP contribution in [0.2, 0.25) is 5.02 Å². The van der Waals surface area contributed by atoms with E-state index in [1.54, 1.807) is 5.38 Å². The number of thiophene rings is 1. The zero-order valence-electron chi connectivity index (χ0n) is 14.4. The molecule has 3 aliphatic rings. The molecule has 0 saturated heterocycles. The van der Waals surface area contributed by atoms with E-state index < -0.39 is 0 Å². The number of nitrogens with zero attached hydrogens (tertiary/aromatic N) is 1. The highest BCUT2D eigenvalue weighted by Gasteiger charge is 2.41. The number of carbonyl (C=O) groups is 3. The molecule has 2 aliphatic carbocycles. The van der Waals surface area contributed by atoms with Crippen molar-refractivity contribution in [1.82, 2.24) is 0 Å². The molecule has 1 saturated carbocycles. The Balaban J connectivity index is 1.56. The monoisotopic (exact) mass is 393 g/mol. The molecule has 2 amide bonds. The fourth-order valence-electron chi connectivity index (χ4n) is 4.00. The number of esters is 1. The lowest BCUT2D eigenvalue weighted by atomic mass is 9.93. The molecule has 138 valence electrons. The second kappa shape index (κ2) is 7.16. The molecule has 2 heterocycles. The van der Waals surface area contributed by atoms with Crippen molar-refractivity contribution >= 4 is 45.7 Å². The van der Waals surface area contributed by atoms with Gasteiger partial charge in [-0.05, 0) is 51.4 Å². The topological polar surface area (TPSA) is 63.7 Å². The highest BCUT2D eigenvalue weighted by molar-refractivity contribution is 7.15. The summed E-state index contributed by atoms with van der Waals surface area (Å²) in [4.78, 5) is 39.1. The van der Waals surface area contributed by atoms with Crippen LogP contribution in [0.4, 0.5) is 5.00 Å². The minimum Gasteiger partial charge on any atom is -0.462 e. The molecule has 0 spiro atoms. The van der Waals surface area contributed by atoms with E-state index in [0.717, 1.165) is 38.5 Å². The Hall–Kier alpha value is -1.66. The van der Waals surface area contributed by atoms with Gasteiger partial charge in [0.05, 0.1) is 11.4 Å². The molecule has 1 aromatic rings. The fraction of sp³-hybridized carbons (Fsp3) is 0.526. The molecular weight excluding hydrogens is 374 g/mol. The summed E-state index contributed by atoms with van der Waals surface area (Å²) in [5.41, 5.74) is 1.77. The van der Waals surface area contributed by atoms with Crippen LogP contribution in [0.5, 0.6) is 0 Å². The Labute approximate surface area is 161 Å². The number of halogens is 1. The van der Waals surface area contributed by atoms with Gasteiger partial charge in [-0.15, -0.1) is 11.3 Å². The summed E-state index contributed by atoms with van der Waals surface area (Å²) in [6.45, 7) is 0. The van der Waals surface area contributed by atoms with Crippen LogP contribution in [0, 0.1) is 0 Å². The van der Waals surface area contributed by atoms with Crippen LogP contribution in [0.25, 0.3) is 0 Å². The van der Waals surface area contributed by atoms with Crippen molar-refractivity contribution in [3.63, 3.8) is 0 Å². The number of anilines is 1. The third kappa shape index (κ3) is 3.09. The van der Waals surface area contributed by atoms with Crippen molar-refractivity contribution in [2.75, 3.05) is 4.90 Å². The number of ether oxygens (including phenoxy) is 1. The fourth-order valence-corrected chi connectivity index (χ4v) is 5.30. The maximum Gasteiger partial charge on any atom is 0.310 e. The summed E-state index contributed by atoms with van der Waals surface area (Å²) in [5, 5.41) is 2.54. The molecule has 0 N–H and O–H groups in total. The van der Waals surface area contributed by atoms with E-state index in [0.29, 0.717) is 39.6 Å². The Morgan fingerprint density at radius 2 is 1.73 bits per heavy atom. The van der Waals surface area contributed by atoms with E-state index in [4.69, 9.17) is 16.3 Å². The standard InChI is InChI=1S/C19H20ClNO4S/c20-15-10-26-19(14(15)9-16(22)25-11-5-1-2-6-11)21-17(23)12-7-3-4-8-13(12)18(21)24/h10-11H,1-9H2. The lowest BCUT2D eigenvalue weighted by Gasteiger charge is -2.16. The van der Waals surface area contributed by atoms with Gasteiger partial charge in [0.1, 0.15) is 11.1 Å². The van der Waals surface area contributed by atoms with Gasteiger partial charge in [0.2, 0.25) is 0 Å². The maximum absolute atomic E-state index is 12.8. The Bertz CT molecular complexity index is 778. The molecule has 5 nitrogen and oxygen atoms in total. The molecule has 26 heavy (non-hydrogen) atoms. The summed E-state index contributed by atoms with van der Waals surface area (Å²) in [6.07, 6.45) is 7.07. The number of hydrogen-bond acceptors (Lipinski definition) is 5. The van der Waals surface area contributed by atoms with Crippen LogP contribution in [0.3, 0.4) is 0 Å². The first-order chi connectivity index (χ1) is 12.6. The van der Waals surface area contributed by atoms with Crippen LogP contribution >= 0.6 is 22.9 Å². The number of imide groups is 1. The second-order valence-electron chi connectivity index (χ2n) is 7.05. The Morgan fingerprint density at radius 1 is 1.12 bits per heavy atom. The van der Waals surface area contributed by atoms with Crippen molar-refractivity contribution < 1.29 is 19.1 Å². The van der Waals surface area contributed by atoms with Gasteiger partial charge in [0.15, 0.2) is 0 Å². The van der Waals surface area contributed by atoms with Gasteiger partial charge in [0.25, 0.3) is 11.8 Å². The number of rotatable bonds is 4. The third-order valence-corrected chi connectivity index (χ3v) is 6.81. The molecule has 0 bridgehead atoms. The van der Waals surface area contributed by atoms with E-state index >= 15 is 0 Å². The largest absolute Gasteiger partial charge is 0.462 e. The molecule has 1 aromatic heterocycles. The van der Waals surface area contributed by atoms with Gasteiger partial charge in [-0.25, -0.2) is 4.90 Å². The van der Waals surface area contributed by atoms with Crippen molar-refractivity contribution in [2.45, 2.75) is 63.9 Å². The van der Waals surface area contributed by atoms with Crippen LogP contribution in [-0.4, -0.2) is 23.9 Å². The minimum atomic E-state index is -0.352. The van der Waals surface area contributed by atoms with Crippen molar-refractivity contribution in [3.05, 3.63) is 27.1 Å². The highest BCUT2D eigenvalue weighted by Crippen LogP contribution is 2.42. The predicted octanol–water partition coefficient (Wildman–Crippen LogP) is 4.17. The Kier molecular flexibility index (Phi) is 4.88. The number of amides is 2. The quantitative estimate of drug-likeness (QED) is 0.568.